The van der Waals surface area contributed by atoms with E-state index in [1.54, 1.807) is 18.2 Å². The first-order valence-corrected chi connectivity index (χ1v) is 7.58. The van der Waals surface area contributed by atoms with E-state index >= 15 is 0 Å². The Bertz CT molecular complexity index is 747. The van der Waals surface area contributed by atoms with Crippen LogP contribution in [0.1, 0.15) is 29.0 Å². The van der Waals surface area contributed by atoms with Gasteiger partial charge in [0.05, 0.1) is 5.69 Å². The van der Waals surface area contributed by atoms with E-state index in [4.69, 9.17) is 0 Å². The number of nitrogens with zero attached hydrogens (tertiary/aromatic N) is 3. The molecule has 1 aliphatic rings. The first-order chi connectivity index (χ1) is 11.5. The largest absolute Gasteiger partial charge is 0.367 e. The number of aryl methyl sites for hydroxylation is 1. The van der Waals surface area contributed by atoms with Gasteiger partial charge in [-0.1, -0.05) is 12.1 Å². The smallest absolute Gasteiger partial charge is 0.280 e. The van der Waals surface area contributed by atoms with Crippen molar-refractivity contribution >= 4 is 11.6 Å². The van der Waals surface area contributed by atoms with Crippen LogP contribution in [0.3, 0.4) is 0 Å². The number of para-hydroxylation sites is 1. The van der Waals surface area contributed by atoms with Crippen LogP contribution in [0.25, 0.3) is 0 Å². The molecule has 2 aromatic rings. The number of anilines is 1. The summed E-state index contributed by atoms with van der Waals surface area (Å²) in [5.74, 6) is -0.811. The molecule has 0 saturated carbocycles. The van der Waals surface area contributed by atoms with Gasteiger partial charge in [-0.15, -0.1) is 0 Å². The molecule has 0 bridgehead atoms. The number of carbonyl (C=O) groups is 1. The van der Waals surface area contributed by atoms with Gasteiger partial charge in [-0.25, -0.2) is 13.2 Å². The van der Waals surface area contributed by atoms with E-state index in [1.165, 1.54) is 13.1 Å². The molecule has 0 spiro atoms. The maximum atomic E-state index is 13.8. The zero-order valence-electron chi connectivity index (χ0n) is 13.0. The minimum Gasteiger partial charge on any atom is -0.367 e. The molecule has 1 atom stereocenters. The van der Waals surface area contributed by atoms with Gasteiger partial charge in [-0.3, -0.25) is 9.48 Å². The summed E-state index contributed by atoms with van der Waals surface area (Å²) in [5.41, 5.74) is 0.142. The lowest BCUT2D eigenvalue weighted by Crippen LogP contribution is -2.37. The molecule has 5 nitrogen and oxygen atoms in total. The monoisotopic (exact) mass is 338 g/mol. The average molecular weight is 338 g/mol. The lowest BCUT2D eigenvalue weighted by atomic mass is 10.2. The predicted molar refractivity (Wildman–Crippen MR) is 82.6 cm³/mol. The topological polar surface area (TPSA) is 50.2 Å². The van der Waals surface area contributed by atoms with Gasteiger partial charge in [0.15, 0.2) is 5.69 Å². The summed E-state index contributed by atoms with van der Waals surface area (Å²) in [6.07, 6.45) is -2.04. The third-order valence-corrected chi connectivity index (χ3v) is 4.09. The first-order valence-electron chi connectivity index (χ1n) is 7.58. The molecule has 1 unspecified atom stereocenters. The van der Waals surface area contributed by atoms with Gasteiger partial charge >= 0.3 is 0 Å². The Morgan fingerprint density at radius 2 is 2.12 bits per heavy atom. The molecule has 3 rings (SSSR count). The van der Waals surface area contributed by atoms with Crippen LogP contribution in [-0.4, -0.2) is 34.8 Å². The second-order valence-corrected chi connectivity index (χ2v) is 5.74. The van der Waals surface area contributed by atoms with E-state index in [9.17, 15) is 18.0 Å². The fraction of sp³-hybridized carbons (Fsp3) is 0.375. The summed E-state index contributed by atoms with van der Waals surface area (Å²) in [6, 6.07) is 7.35. The van der Waals surface area contributed by atoms with E-state index in [-0.39, 0.29) is 23.2 Å². The molecule has 0 aliphatic carbocycles. The van der Waals surface area contributed by atoms with Crippen LogP contribution >= 0.6 is 0 Å². The number of rotatable bonds is 4. The van der Waals surface area contributed by atoms with Gasteiger partial charge in [-0.2, -0.15) is 5.10 Å². The third-order valence-electron chi connectivity index (χ3n) is 4.09. The molecular weight excluding hydrogens is 321 g/mol. The standard InChI is InChI=1S/C16H17F3N4O/c1-22-14(15(18)19)8-12(21-22)16(24)20-10-6-7-23(9-10)13-5-3-2-4-11(13)17/h2-5,8,10,15H,6-7,9H2,1H3,(H,20,24). The van der Waals surface area contributed by atoms with Gasteiger partial charge in [0.25, 0.3) is 12.3 Å². The third kappa shape index (κ3) is 3.22. The van der Waals surface area contributed by atoms with Crippen LogP contribution in [-0.2, 0) is 7.05 Å². The van der Waals surface area contributed by atoms with Crippen molar-refractivity contribution in [2.24, 2.45) is 7.05 Å². The van der Waals surface area contributed by atoms with Crippen LogP contribution in [0.2, 0.25) is 0 Å². The number of alkyl halides is 2. The zero-order chi connectivity index (χ0) is 17.3. The summed E-state index contributed by atoms with van der Waals surface area (Å²) in [5, 5.41) is 6.59. The molecule has 128 valence electrons. The molecule has 8 heteroatoms. The lowest BCUT2D eigenvalue weighted by molar-refractivity contribution is 0.0934. The molecule has 1 N–H and O–H groups in total. The highest BCUT2D eigenvalue weighted by Gasteiger charge is 2.27. The zero-order valence-corrected chi connectivity index (χ0v) is 13.0. The molecule has 1 aliphatic heterocycles. The molecule has 1 aromatic carbocycles. The number of hydrogen-bond acceptors (Lipinski definition) is 3. The van der Waals surface area contributed by atoms with Crippen molar-refractivity contribution in [3.05, 3.63) is 47.5 Å². The van der Waals surface area contributed by atoms with Gasteiger partial charge < -0.3 is 10.2 Å². The number of nitrogens with one attached hydrogen (secondary N) is 1. The van der Waals surface area contributed by atoms with E-state index in [0.29, 0.717) is 25.2 Å². The van der Waals surface area contributed by atoms with Crippen molar-refractivity contribution in [1.82, 2.24) is 15.1 Å². The number of aromatic nitrogens is 2. The maximum Gasteiger partial charge on any atom is 0.280 e. The van der Waals surface area contributed by atoms with Gasteiger partial charge in [-0.05, 0) is 24.6 Å². The Balaban J connectivity index is 1.64. The maximum absolute atomic E-state index is 13.8. The summed E-state index contributed by atoms with van der Waals surface area (Å²) >= 11 is 0. The number of amides is 1. The Morgan fingerprint density at radius 3 is 2.79 bits per heavy atom. The fourth-order valence-corrected chi connectivity index (χ4v) is 2.86. The Kier molecular flexibility index (Phi) is 4.46. The Labute approximate surface area is 137 Å². The molecule has 1 saturated heterocycles. The Hall–Kier alpha value is -2.51. The van der Waals surface area contributed by atoms with Crippen molar-refractivity contribution < 1.29 is 18.0 Å². The molecule has 2 heterocycles. The normalized spacial score (nSPS) is 17.5. The summed E-state index contributed by atoms with van der Waals surface area (Å²) in [6.45, 7) is 1.07. The Morgan fingerprint density at radius 1 is 1.38 bits per heavy atom. The molecular formula is C16H17F3N4O. The summed E-state index contributed by atoms with van der Waals surface area (Å²) in [7, 11) is 1.37. The summed E-state index contributed by atoms with van der Waals surface area (Å²) in [4.78, 5) is 14.0. The van der Waals surface area contributed by atoms with Crippen molar-refractivity contribution in [2.75, 3.05) is 18.0 Å². The van der Waals surface area contributed by atoms with Crippen LogP contribution in [0.15, 0.2) is 30.3 Å². The first kappa shape index (κ1) is 16.4. The molecule has 1 fully saturated rings. The highest BCUT2D eigenvalue weighted by molar-refractivity contribution is 5.92. The SMILES string of the molecule is Cn1nc(C(=O)NC2CCN(c3ccccc3F)C2)cc1C(F)F. The van der Waals surface area contributed by atoms with Crippen LogP contribution in [0.4, 0.5) is 18.9 Å². The van der Waals surface area contributed by atoms with Gasteiger partial charge in [0, 0.05) is 26.2 Å². The second kappa shape index (κ2) is 6.54. The molecule has 1 amide bonds. The minimum atomic E-state index is -2.69. The second-order valence-electron chi connectivity index (χ2n) is 5.74. The molecule has 24 heavy (non-hydrogen) atoms. The quantitative estimate of drug-likeness (QED) is 0.932. The molecule has 0 radical (unpaired) electrons. The number of benzene rings is 1. The lowest BCUT2D eigenvalue weighted by Gasteiger charge is -2.19. The van der Waals surface area contributed by atoms with Crippen molar-refractivity contribution in [1.29, 1.82) is 0 Å². The van der Waals surface area contributed by atoms with Crippen LogP contribution in [0.5, 0.6) is 0 Å². The number of hydrogen-bond donors (Lipinski definition) is 1. The van der Waals surface area contributed by atoms with Crippen molar-refractivity contribution in [3.8, 4) is 0 Å². The predicted octanol–water partition coefficient (Wildman–Crippen LogP) is 2.51. The highest BCUT2D eigenvalue weighted by Crippen LogP contribution is 2.23. The van der Waals surface area contributed by atoms with E-state index in [0.717, 1.165) is 10.7 Å². The fourth-order valence-electron chi connectivity index (χ4n) is 2.86. The van der Waals surface area contributed by atoms with Crippen molar-refractivity contribution in [3.63, 3.8) is 0 Å². The minimum absolute atomic E-state index is 0.0443. The van der Waals surface area contributed by atoms with Crippen LogP contribution < -0.4 is 10.2 Å². The summed E-state index contributed by atoms with van der Waals surface area (Å²) < 4.78 is 40.3. The van der Waals surface area contributed by atoms with Crippen molar-refractivity contribution in [2.45, 2.75) is 18.9 Å². The number of halogens is 3. The van der Waals surface area contributed by atoms with Crippen LogP contribution in [0, 0.1) is 5.82 Å². The molecule has 1 aromatic heterocycles. The van der Waals surface area contributed by atoms with E-state index in [1.807, 2.05) is 4.90 Å². The van der Waals surface area contributed by atoms with E-state index in [2.05, 4.69) is 10.4 Å². The van der Waals surface area contributed by atoms with E-state index < -0.39 is 12.3 Å². The number of carbonyl (C=O) groups excluding carboxylic acids is 1. The van der Waals surface area contributed by atoms with Gasteiger partial charge in [0.2, 0.25) is 0 Å². The highest BCUT2D eigenvalue weighted by atomic mass is 19.3. The van der Waals surface area contributed by atoms with Gasteiger partial charge in [0.1, 0.15) is 11.5 Å². The average Bonchev–Trinajstić information content (AvgIpc) is 3.14.